The standard InChI is InChI=1S/C17H15ClN4S2/c1-16(9-17(2-3-17)24-15(20)22-16)14-12(18)5-13(23-14)11-4-10(6-19)7-21-8-11/h4-5,7-8H,2-3,9H2,1H3,(H2,20,22). The Hall–Kier alpha value is -1.55. The number of hydrogen-bond donors (Lipinski definition) is 1. The Bertz CT molecular complexity index is 894. The summed E-state index contributed by atoms with van der Waals surface area (Å²) < 4.78 is 0.246. The molecule has 24 heavy (non-hydrogen) atoms. The molecule has 2 N–H and O–H groups in total. The molecule has 7 heteroatoms. The van der Waals surface area contributed by atoms with Crippen molar-refractivity contribution in [2.75, 3.05) is 0 Å². The van der Waals surface area contributed by atoms with Crippen molar-refractivity contribution in [1.29, 1.82) is 5.26 Å². The van der Waals surface area contributed by atoms with E-state index in [1.165, 1.54) is 12.8 Å². The molecule has 0 radical (unpaired) electrons. The molecule has 1 unspecified atom stereocenters. The second-order valence-corrected chi connectivity index (χ2v) is 9.50. The molecule has 4 nitrogen and oxygen atoms in total. The zero-order valence-corrected chi connectivity index (χ0v) is 15.4. The van der Waals surface area contributed by atoms with Crippen LogP contribution in [0.2, 0.25) is 5.02 Å². The maximum absolute atomic E-state index is 9.06. The zero-order valence-electron chi connectivity index (χ0n) is 13.0. The minimum atomic E-state index is -0.383. The Kier molecular flexibility index (Phi) is 3.64. The average Bonchev–Trinajstić information content (AvgIpc) is 3.13. The number of thioether (sulfide) groups is 1. The first-order valence-electron chi connectivity index (χ1n) is 7.63. The van der Waals surface area contributed by atoms with Gasteiger partial charge in [0.25, 0.3) is 0 Å². The summed E-state index contributed by atoms with van der Waals surface area (Å²) in [5, 5.41) is 10.4. The largest absolute Gasteiger partial charge is 0.378 e. The van der Waals surface area contributed by atoms with E-state index in [1.54, 1.807) is 35.5 Å². The van der Waals surface area contributed by atoms with Gasteiger partial charge in [-0.05, 0) is 38.3 Å². The number of hydrogen-bond acceptors (Lipinski definition) is 6. The van der Waals surface area contributed by atoms with E-state index in [0.29, 0.717) is 15.8 Å². The first kappa shape index (κ1) is 15.9. The number of nitrogens with two attached hydrogens (primary N) is 1. The van der Waals surface area contributed by atoms with Crippen LogP contribution in [0.1, 0.15) is 36.6 Å². The lowest BCUT2D eigenvalue weighted by molar-refractivity contribution is 0.447. The molecule has 0 amide bonds. The number of amidine groups is 1. The van der Waals surface area contributed by atoms with E-state index >= 15 is 0 Å². The highest BCUT2D eigenvalue weighted by atomic mass is 35.5. The van der Waals surface area contributed by atoms with Gasteiger partial charge in [-0.3, -0.25) is 9.98 Å². The van der Waals surface area contributed by atoms with Crippen LogP contribution in [0.5, 0.6) is 0 Å². The van der Waals surface area contributed by atoms with Crippen LogP contribution in [0.4, 0.5) is 0 Å². The topological polar surface area (TPSA) is 75.1 Å². The Balaban J connectivity index is 1.76. The summed E-state index contributed by atoms with van der Waals surface area (Å²) in [5.41, 5.74) is 7.16. The van der Waals surface area contributed by atoms with E-state index in [4.69, 9.17) is 27.6 Å². The van der Waals surface area contributed by atoms with Gasteiger partial charge >= 0.3 is 0 Å². The Morgan fingerprint density at radius 1 is 1.33 bits per heavy atom. The Morgan fingerprint density at radius 2 is 2.12 bits per heavy atom. The number of pyridine rings is 1. The second kappa shape index (κ2) is 5.48. The van der Waals surface area contributed by atoms with Crippen molar-refractivity contribution in [3.8, 4) is 16.5 Å². The summed E-state index contributed by atoms with van der Waals surface area (Å²) in [5.74, 6) is 0. The van der Waals surface area contributed by atoms with Crippen LogP contribution in [0, 0.1) is 11.3 Å². The summed E-state index contributed by atoms with van der Waals surface area (Å²) in [6, 6.07) is 5.90. The fourth-order valence-corrected chi connectivity index (χ4v) is 6.22. The van der Waals surface area contributed by atoms with Crippen LogP contribution in [-0.4, -0.2) is 14.9 Å². The maximum atomic E-state index is 9.06. The summed E-state index contributed by atoms with van der Waals surface area (Å²) in [6.07, 6.45) is 6.65. The fourth-order valence-electron chi connectivity index (χ4n) is 3.25. The van der Waals surface area contributed by atoms with Gasteiger partial charge in [-0.1, -0.05) is 23.4 Å². The monoisotopic (exact) mass is 374 g/mol. The third kappa shape index (κ3) is 2.71. The van der Waals surface area contributed by atoms with E-state index in [-0.39, 0.29) is 10.3 Å². The van der Waals surface area contributed by atoms with Crippen LogP contribution in [0.3, 0.4) is 0 Å². The first-order chi connectivity index (χ1) is 11.4. The van der Waals surface area contributed by atoms with Gasteiger partial charge in [0.05, 0.1) is 21.0 Å². The first-order valence-corrected chi connectivity index (χ1v) is 9.64. The van der Waals surface area contributed by atoms with Crippen molar-refractivity contribution < 1.29 is 0 Å². The molecular formula is C17H15ClN4S2. The highest BCUT2D eigenvalue weighted by Gasteiger charge is 2.53. The highest BCUT2D eigenvalue weighted by Crippen LogP contribution is 2.60. The van der Waals surface area contributed by atoms with Gasteiger partial charge in [-0.25, -0.2) is 0 Å². The van der Waals surface area contributed by atoms with Crippen molar-refractivity contribution in [2.24, 2.45) is 10.7 Å². The highest BCUT2D eigenvalue weighted by molar-refractivity contribution is 8.15. The minimum Gasteiger partial charge on any atom is -0.378 e. The quantitative estimate of drug-likeness (QED) is 0.837. The molecule has 1 saturated carbocycles. The lowest BCUT2D eigenvalue weighted by Crippen LogP contribution is -2.34. The minimum absolute atomic E-state index is 0.246. The molecule has 0 bridgehead atoms. The fraction of sp³-hybridized carbons (Fsp3) is 0.353. The van der Waals surface area contributed by atoms with E-state index in [9.17, 15) is 0 Å². The van der Waals surface area contributed by atoms with Gasteiger partial charge in [0, 0.05) is 27.6 Å². The van der Waals surface area contributed by atoms with Gasteiger partial charge in [-0.2, -0.15) is 5.26 Å². The summed E-state index contributed by atoms with van der Waals surface area (Å²) in [7, 11) is 0. The van der Waals surface area contributed by atoms with Crippen LogP contribution in [0.15, 0.2) is 29.5 Å². The number of rotatable bonds is 2. The van der Waals surface area contributed by atoms with Crippen LogP contribution in [-0.2, 0) is 5.54 Å². The lowest BCUT2D eigenvalue weighted by atomic mass is 9.93. The molecule has 1 atom stereocenters. The van der Waals surface area contributed by atoms with Crippen molar-refractivity contribution in [2.45, 2.75) is 36.5 Å². The maximum Gasteiger partial charge on any atom is 0.155 e. The number of nitriles is 1. The molecule has 2 aliphatic rings. The molecule has 122 valence electrons. The smallest absolute Gasteiger partial charge is 0.155 e. The van der Waals surface area contributed by atoms with Gasteiger partial charge in [0.15, 0.2) is 5.17 Å². The molecule has 1 aliphatic heterocycles. The number of halogens is 1. The van der Waals surface area contributed by atoms with Crippen molar-refractivity contribution >= 4 is 39.9 Å². The van der Waals surface area contributed by atoms with Gasteiger partial charge < -0.3 is 5.73 Å². The van der Waals surface area contributed by atoms with E-state index in [0.717, 1.165) is 21.7 Å². The zero-order chi connectivity index (χ0) is 16.9. The normalized spacial score (nSPS) is 24.5. The Morgan fingerprint density at radius 3 is 2.83 bits per heavy atom. The molecule has 1 aliphatic carbocycles. The average molecular weight is 375 g/mol. The number of nitrogens with zero attached hydrogens (tertiary/aromatic N) is 3. The van der Waals surface area contributed by atoms with Crippen molar-refractivity contribution in [3.05, 3.63) is 40.0 Å². The van der Waals surface area contributed by atoms with Gasteiger partial charge in [0.2, 0.25) is 0 Å². The molecular weight excluding hydrogens is 360 g/mol. The molecule has 2 aromatic rings. The summed E-state index contributed by atoms with van der Waals surface area (Å²) >= 11 is 9.88. The molecule has 0 aromatic carbocycles. The SMILES string of the molecule is CC1(c2sc(-c3cncc(C#N)c3)cc2Cl)CC2(CC2)SC(N)=N1. The lowest BCUT2D eigenvalue weighted by Gasteiger charge is -2.34. The molecule has 1 spiro atoms. The van der Waals surface area contributed by atoms with Gasteiger partial charge in [-0.15, -0.1) is 11.3 Å². The van der Waals surface area contributed by atoms with E-state index in [1.807, 2.05) is 12.1 Å². The Labute approximate surface area is 153 Å². The van der Waals surface area contributed by atoms with Gasteiger partial charge in [0.1, 0.15) is 6.07 Å². The number of thiophene rings is 1. The summed E-state index contributed by atoms with van der Waals surface area (Å²) in [4.78, 5) is 10.9. The van der Waals surface area contributed by atoms with Crippen LogP contribution < -0.4 is 5.73 Å². The van der Waals surface area contributed by atoms with Crippen molar-refractivity contribution in [1.82, 2.24) is 4.98 Å². The predicted octanol–water partition coefficient (Wildman–Crippen LogP) is 4.53. The number of aliphatic imine (C=N–C) groups is 1. The molecule has 1 fully saturated rings. The molecule has 4 rings (SSSR count). The molecule has 0 saturated heterocycles. The predicted molar refractivity (Wildman–Crippen MR) is 100 cm³/mol. The van der Waals surface area contributed by atoms with Crippen LogP contribution >= 0.6 is 34.7 Å². The number of aromatic nitrogens is 1. The third-order valence-corrected chi connectivity index (χ3v) is 7.61. The van der Waals surface area contributed by atoms with E-state index in [2.05, 4.69) is 18.0 Å². The van der Waals surface area contributed by atoms with Crippen molar-refractivity contribution in [3.63, 3.8) is 0 Å². The molecule has 2 aromatic heterocycles. The van der Waals surface area contributed by atoms with Crippen LogP contribution in [0.25, 0.3) is 10.4 Å². The third-order valence-electron chi connectivity index (χ3n) is 4.48. The van der Waals surface area contributed by atoms with E-state index < -0.39 is 0 Å². The summed E-state index contributed by atoms with van der Waals surface area (Å²) in [6.45, 7) is 2.12. The second-order valence-electron chi connectivity index (χ2n) is 6.55. The molecule has 3 heterocycles.